The molecule has 2 aromatic heterocycles. The fraction of sp³-hybridized carbons (Fsp3) is 0.667. The van der Waals surface area contributed by atoms with Gasteiger partial charge >= 0.3 is 6.18 Å². The van der Waals surface area contributed by atoms with Gasteiger partial charge in [-0.15, -0.1) is 0 Å². The first-order chi connectivity index (χ1) is 11.3. The lowest BCUT2D eigenvalue weighted by Gasteiger charge is -2.27. The van der Waals surface area contributed by atoms with Crippen molar-refractivity contribution in [2.24, 2.45) is 5.92 Å². The Kier molecular flexibility index (Phi) is 4.62. The van der Waals surface area contributed by atoms with Crippen molar-refractivity contribution < 1.29 is 13.2 Å². The van der Waals surface area contributed by atoms with E-state index in [1.807, 2.05) is 14.0 Å². The summed E-state index contributed by atoms with van der Waals surface area (Å²) in [4.78, 5) is 10.2. The Labute approximate surface area is 138 Å². The summed E-state index contributed by atoms with van der Waals surface area (Å²) in [6, 6.07) is 0. The number of fused-ring (bicyclic) bond motifs is 1. The molecule has 1 aliphatic heterocycles. The second-order valence-electron chi connectivity index (χ2n) is 6.35. The van der Waals surface area contributed by atoms with Crippen molar-refractivity contribution in [2.45, 2.75) is 45.5 Å². The summed E-state index contributed by atoms with van der Waals surface area (Å²) >= 11 is 0. The van der Waals surface area contributed by atoms with E-state index < -0.39 is 11.9 Å². The van der Waals surface area contributed by atoms with Gasteiger partial charge in [-0.3, -0.25) is 10.00 Å². The molecule has 6 nitrogen and oxygen atoms in total. The van der Waals surface area contributed by atoms with Crippen molar-refractivity contribution in [3.05, 3.63) is 29.4 Å². The van der Waals surface area contributed by atoms with Crippen LogP contribution in [-0.4, -0.2) is 43.2 Å². The van der Waals surface area contributed by atoms with Crippen LogP contribution in [-0.2, 0) is 32.1 Å². The molecule has 1 atom stereocenters. The summed E-state index contributed by atoms with van der Waals surface area (Å²) in [5.41, 5.74) is -0.791. The Morgan fingerprint density at radius 2 is 2.17 bits per heavy atom. The summed E-state index contributed by atoms with van der Waals surface area (Å²) in [6.07, 6.45) is -1.04. The normalized spacial score (nSPS) is 18.2. The number of hydrogen-bond donors (Lipinski definition) is 1. The summed E-state index contributed by atoms with van der Waals surface area (Å²) in [5, 5.41) is 7.03. The molecule has 9 heteroatoms. The molecule has 0 bridgehead atoms. The first-order valence-electron chi connectivity index (χ1n) is 8.07. The van der Waals surface area contributed by atoms with Crippen molar-refractivity contribution >= 4 is 0 Å². The molecule has 1 unspecified atom stereocenters. The van der Waals surface area contributed by atoms with Gasteiger partial charge in [0.25, 0.3) is 0 Å². The summed E-state index contributed by atoms with van der Waals surface area (Å²) in [6.45, 7) is 4.01. The number of hydrogen-bond acceptors (Lipinski definition) is 4. The molecule has 0 aliphatic carbocycles. The molecule has 0 fully saturated rings. The van der Waals surface area contributed by atoms with Crippen LogP contribution in [0.15, 0.2) is 6.20 Å². The first kappa shape index (κ1) is 16.9. The van der Waals surface area contributed by atoms with Crippen LogP contribution in [0.1, 0.15) is 36.5 Å². The zero-order chi connectivity index (χ0) is 17.3. The molecular formula is C15H21F3N6. The third-order valence-electron chi connectivity index (χ3n) is 4.26. The molecule has 3 rings (SSSR count). The van der Waals surface area contributed by atoms with Crippen LogP contribution in [0.5, 0.6) is 0 Å². The van der Waals surface area contributed by atoms with Gasteiger partial charge < -0.3 is 4.57 Å². The van der Waals surface area contributed by atoms with Crippen LogP contribution in [0, 0.1) is 5.92 Å². The van der Waals surface area contributed by atoms with Gasteiger partial charge in [-0.1, -0.05) is 6.92 Å². The van der Waals surface area contributed by atoms with Crippen LogP contribution in [0.3, 0.4) is 0 Å². The highest BCUT2D eigenvalue weighted by molar-refractivity contribution is 5.10. The standard InChI is InChI=1S/C15H21F3N6/c1-3-12-20-13(22-21-12)9-23(2)6-10-4-5-14-19-11(15(16,17)18)8-24(14)7-10/h8,10H,3-7,9H2,1-2H3,(H,20,21,22). The van der Waals surface area contributed by atoms with E-state index in [4.69, 9.17) is 0 Å². The predicted octanol–water partition coefficient (Wildman–Crippen LogP) is 2.28. The molecule has 0 amide bonds. The number of imidazole rings is 1. The number of rotatable bonds is 5. The number of aromatic nitrogens is 5. The summed E-state index contributed by atoms with van der Waals surface area (Å²) in [5.74, 6) is 2.43. The third-order valence-corrected chi connectivity index (χ3v) is 4.26. The van der Waals surface area contributed by atoms with Crippen LogP contribution >= 0.6 is 0 Å². The van der Waals surface area contributed by atoms with Crippen LogP contribution < -0.4 is 0 Å². The Bertz CT molecular complexity index is 690. The number of nitrogens with one attached hydrogen (secondary N) is 1. The van der Waals surface area contributed by atoms with E-state index in [0.717, 1.165) is 37.2 Å². The maximum atomic E-state index is 12.8. The number of aromatic amines is 1. The van der Waals surface area contributed by atoms with Crippen LogP contribution in [0.4, 0.5) is 13.2 Å². The first-order valence-corrected chi connectivity index (χ1v) is 8.07. The highest BCUT2D eigenvalue weighted by Crippen LogP contribution is 2.30. The van der Waals surface area contributed by atoms with Crippen molar-refractivity contribution in [1.29, 1.82) is 0 Å². The molecule has 0 aromatic carbocycles. The fourth-order valence-corrected chi connectivity index (χ4v) is 3.12. The SMILES string of the molecule is CCc1n[nH]c(CN(C)CC2CCc3nc(C(F)(F)F)cn3C2)n1. The molecule has 0 saturated heterocycles. The van der Waals surface area contributed by atoms with Gasteiger partial charge in [-0.2, -0.15) is 18.3 Å². The largest absolute Gasteiger partial charge is 0.434 e. The lowest BCUT2D eigenvalue weighted by Crippen LogP contribution is -2.31. The zero-order valence-electron chi connectivity index (χ0n) is 13.8. The Morgan fingerprint density at radius 1 is 1.38 bits per heavy atom. The van der Waals surface area contributed by atoms with Gasteiger partial charge in [-0.25, -0.2) is 9.97 Å². The van der Waals surface area contributed by atoms with Crippen LogP contribution in [0.25, 0.3) is 0 Å². The van der Waals surface area contributed by atoms with E-state index >= 15 is 0 Å². The molecule has 3 heterocycles. The van der Waals surface area contributed by atoms with E-state index in [1.54, 1.807) is 4.57 Å². The lowest BCUT2D eigenvalue weighted by atomic mass is 9.99. The fourth-order valence-electron chi connectivity index (χ4n) is 3.12. The Hall–Kier alpha value is -1.90. The Morgan fingerprint density at radius 3 is 2.83 bits per heavy atom. The minimum Gasteiger partial charge on any atom is -0.334 e. The monoisotopic (exact) mass is 342 g/mol. The third kappa shape index (κ3) is 3.77. The average molecular weight is 342 g/mol. The quantitative estimate of drug-likeness (QED) is 0.905. The van der Waals surface area contributed by atoms with E-state index in [1.165, 1.54) is 0 Å². The van der Waals surface area contributed by atoms with E-state index in [-0.39, 0.29) is 0 Å². The average Bonchev–Trinajstić information content (AvgIpc) is 3.12. The van der Waals surface area contributed by atoms with Crippen LogP contribution in [0.2, 0.25) is 0 Å². The molecule has 132 valence electrons. The maximum absolute atomic E-state index is 12.8. The van der Waals surface area contributed by atoms with E-state index in [9.17, 15) is 13.2 Å². The summed E-state index contributed by atoms with van der Waals surface area (Å²) < 4.78 is 39.9. The van der Waals surface area contributed by atoms with Gasteiger partial charge in [0.1, 0.15) is 17.5 Å². The van der Waals surface area contributed by atoms with Crippen molar-refractivity contribution in [3.63, 3.8) is 0 Å². The number of nitrogens with zero attached hydrogens (tertiary/aromatic N) is 5. The highest BCUT2D eigenvalue weighted by Gasteiger charge is 2.35. The van der Waals surface area contributed by atoms with Gasteiger partial charge in [-0.05, 0) is 19.4 Å². The van der Waals surface area contributed by atoms with Gasteiger partial charge in [0.2, 0.25) is 0 Å². The van der Waals surface area contributed by atoms with Gasteiger partial charge in [0, 0.05) is 32.1 Å². The minimum absolute atomic E-state index is 0.298. The molecule has 24 heavy (non-hydrogen) atoms. The van der Waals surface area contributed by atoms with Gasteiger partial charge in [0.05, 0.1) is 6.54 Å². The predicted molar refractivity (Wildman–Crippen MR) is 81.1 cm³/mol. The molecule has 0 spiro atoms. The summed E-state index contributed by atoms with van der Waals surface area (Å²) in [7, 11) is 1.98. The number of H-pyrrole nitrogens is 1. The van der Waals surface area contributed by atoms with Crippen molar-refractivity contribution in [2.75, 3.05) is 13.6 Å². The van der Waals surface area contributed by atoms with Crippen molar-refractivity contribution in [3.8, 4) is 0 Å². The number of alkyl halides is 3. The molecule has 1 N–H and O–H groups in total. The molecule has 0 saturated carbocycles. The zero-order valence-corrected chi connectivity index (χ0v) is 13.8. The van der Waals surface area contributed by atoms with Gasteiger partial charge in [0.15, 0.2) is 5.69 Å². The minimum atomic E-state index is -4.38. The van der Waals surface area contributed by atoms with E-state index in [2.05, 4.69) is 25.1 Å². The molecule has 1 aliphatic rings. The second-order valence-corrected chi connectivity index (χ2v) is 6.35. The number of aryl methyl sites for hydroxylation is 2. The molecular weight excluding hydrogens is 321 g/mol. The maximum Gasteiger partial charge on any atom is 0.434 e. The second kappa shape index (κ2) is 6.54. The smallest absolute Gasteiger partial charge is 0.334 e. The highest BCUT2D eigenvalue weighted by atomic mass is 19.4. The lowest BCUT2D eigenvalue weighted by molar-refractivity contribution is -0.141. The molecule has 0 radical (unpaired) electrons. The van der Waals surface area contributed by atoms with Crippen molar-refractivity contribution in [1.82, 2.24) is 29.6 Å². The molecule has 2 aromatic rings. The topological polar surface area (TPSA) is 62.6 Å². The Balaban J connectivity index is 1.58. The number of halogens is 3. The van der Waals surface area contributed by atoms with E-state index in [0.29, 0.717) is 31.3 Å².